The molecule has 0 aromatic heterocycles. The topological polar surface area (TPSA) is 102 Å². The Morgan fingerprint density at radius 3 is 2.95 bits per heavy atom. The highest BCUT2D eigenvalue weighted by atomic mass is 16.5. The van der Waals surface area contributed by atoms with Gasteiger partial charge < -0.3 is 25.3 Å². The maximum absolute atomic E-state index is 10.8. The van der Waals surface area contributed by atoms with Gasteiger partial charge in [0.05, 0.1) is 19.1 Å². The summed E-state index contributed by atoms with van der Waals surface area (Å²) in [6.07, 6.45) is -0.0367. The normalized spacial score (nSPS) is 17.1. The van der Waals surface area contributed by atoms with Crippen LogP contribution >= 0.6 is 0 Å². The van der Waals surface area contributed by atoms with E-state index in [1.165, 1.54) is 0 Å². The third-order valence-corrected chi connectivity index (χ3v) is 3.25. The van der Waals surface area contributed by atoms with Gasteiger partial charge in [-0.3, -0.25) is 4.79 Å². The first-order chi connectivity index (χ1) is 9.52. The van der Waals surface area contributed by atoms with Crippen molar-refractivity contribution in [2.45, 2.75) is 25.9 Å². The largest absolute Gasteiger partial charge is 0.494 e. The Kier molecular flexibility index (Phi) is 4.64. The van der Waals surface area contributed by atoms with Gasteiger partial charge in [0.1, 0.15) is 5.75 Å². The molecule has 0 amide bonds. The lowest BCUT2D eigenvalue weighted by molar-refractivity contribution is -0.138. The van der Waals surface area contributed by atoms with E-state index in [9.17, 15) is 9.82 Å². The molecular formula is C13H18BNO5. The fraction of sp³-hybridized carbons (Fsp3) is 0.462. The van der Waals surface area contributed by atoms with Gasteiger partial charge in [0, 0.05) is 0 Å². The van der Waals surface area contributed by atoms with Crippen LogP contribution in [0.1, 0.15) is 30.1 Å². The lowest BCUT2D eigenvalue weighted by atomic mass is 9.77. The van der Waals surface area contributed by atoms with Crippen LogP contribution in [0, 0.1) is 6.92 Å². The highest BCUT2D eigenvalue weighted by Gasteiger charge is 2.37. The zero-order valence-corrected chi connectivity index (χ0v) is 11.3. The van der Waals surface area contributed by atoms with Gasteiger partial charge in [-0.05, 0) is 48.6 Å². The number of rotatable bonds is 6. The Balaban J connectivity index is 2.23. The fourth-order valence-corrected chi connectivity index (χ4v) is 2.40. The molecule has 0 spiro atoms. The number of aliphatic carboxylic acids is 1. The average molecular weight is 279 g/mol. The van der Waals surface area contributed by atoms with Crippen molar-refractivity contribution >= 4 is 18.6 Å². The number of ether oxygens (including phenoxy) is 1. The molecule has 0 saturated carbocycles. The summed E-state index contributed by atoms with van der Waals surface area (Å²) in [7, 11) is -1.11. The molecule has 2 rings (SSSR count). The smallest absolute Gasteiger partial charge is 0.492 e. The molecule has 7 heteroatoms. The van der Waals surface area contributed by atoms with E-state index in [0.717, 1.165) is 17.5 Å². The number of carboxylic acids is 1. The molecule has 0 aliphatic carbocycles. The first-order valence-electron chi connectivity index (χ1n) is 6.55. The van der Waals surface area contributed by atoms with Crippen LogP contribution < -0.4 is 15.9 Å². The van der Waals surface area contributed by atoms with E-state index in [1.54, 1.807) is 6.07 Å². The quantitative estimate of drug-likeness (QED) is 0.498. The standard InChI is InChI=1S/C13H18BNO5/c1-8-5-9(19-4-2-3-15)6-10-13(8)11(7-12(16)17)20-14(10)18/h5-6,11,18H,2-4,7,15H2,1H3,(H,16,17). The SMILES string of the molecule is Cc1cc(OCCCN)cc2c1C(CC(=O)O)OB2O. The summed E-state index contributed by atoms with van der Waals surface area (Å²) in [5, 5.41) is 18.8. The summed E-state index contributed by atoms with van der Waals surface area (Å²) in [6.45, 7) is 2.91. The van der Waals surface area contributed by atoms with Crippen molar-refractivity contribution in [1.82, 2.24) is 0 Å². The van der Waals surface area contributed by atoms with E-state index in [2.05, 4.69) is 0 Å². The maximum atomic E-state index is 10.8. The zero-order valence-electron chi connectivity index (χ0n) is 11.3. The molecule has 6 nitrogen and oxygen atoms in total. The highest BCUT2D eigenvalue weighted by molar-refractivity contribution is 6.62. The predicted molar refractivity (Wildman–Crippen MR) is 74.0 cm³/mol. The minimum absolute atomic E-state index is 0.168. The zero-order chi connectivity index (χ0) is 14.7. The molecular weight excluding hydrogens is 261 g/mol. The second-order valence-electron chi connectivity index (χ2n) is 4.81. The molecule has 1 atom stereocenters. The van der Waals surface area contributed by atoms with Crippen molar-refractivity contribution in [3.8, 4) is 5.75 Å². The first-order valence-corrected chi connectivity index (χ1v) is 6.55. The second kappa shape index (κ2) is 6.26. The van der Waals surface area contributed by atoms with Crippen LogP contribution in [-0.2, 0) is 9.45 Å². The molecule has 1 aromatic rings. The van der Waals surface area contributed by atoms with Crippen molar-refractivity contribution in [2.75, 3.05) is 13.2 Å². The van der Waals surface area contributed by atoms with Gasteiger partial charge in [-0.2, -0.15) is 0 Å². The van der Waals surface area contributed by atoms with E-state index >= 15 is 0 Å². The second-order valence-corrected chi connectivity index (χ2v) is 4.81. The average Bonchev–Trinajstić information content (AvgIpc) is 2.66. The fourth-order valence-electron chi connectivity index (χ4n) is 2.40. The van der Waals surface area contributed by atoms with Gasteiger partial charge >= 0.3 is 13.1 Å². The van der Waals surface area contributed by atoms with E-state index in [0.29, 0.717) is 24.4 Å². The van der Waals surface area contributed by atoms with Crippen LogP contribution in [0.3, 0.4) is 0 Å². The number of benzene rings is 1. The summed E-state index contributed by atoms with van der Waals surface area (Å²) in [6, 6.07) is 3.52. The number of fused-ring (bicyclic) bond motifs is 1. The summed E-state index contributed by atoms with van der Waals surface area (Å²) >= 11 is 0. The van der Waals surface area contributed by atoms with Crippen LogP contribution in [0.5, 0.6) is 5.75 Å². The van der Waals surface area contributed by atoms with Crippen LogP contribution in [0.2, 0.25) is 0 Å². The lowest BCUT2D eigenvalue weighted by Gasteiger charge is -2.13. The van der Waals surface area contributed by atoms with Gasteiger partial charge in [0.2, 0.25) is 0 Å². The minimum Gasteiger partial charge on any atom is -0.494 e. The molecule has 1 aliphatic rings. The lowest BCUT2D eigenvalue weighted by Crippen LogP contribution is -2.28. The monoisotopic (exact) mass is 279 g/mol. The predicted octanol–water partition coefficient (Wildman–Crippen LogP) is -0.0439. The summed E-state index contributed by atoms with van der Waals surface area (Å²) in [5.74, 6) is -0.328. The van der Waals surface area contributed by atoms with Gasteiger partial charge in [-0.25, -0.2) is 0 Å². The van der Waals surface area contributed by atoms with Crippen molar-refractivity contribution in [3.63, 3.8) is 0 Å². The van der Waals surface area contributed by atoms with E-state index < -0.39 is 19.2 Å². The van der Waals surface area contributed by atoms with E-state index in [1.807, 2.05) is 13.0 Å². The summed E-state index contributed by atoms with van der Waals surface area (Å²) in [5.41, 5.74) is 7.58. The molecule has 0 radical (unpaired) electrons. The Morgan fingerprint density at radius 2 is 2.30 bits per heavy atom. The van der Waals surface area contributed by atoms with Crippen molar-refractivity contribution in [3.05, 3.63) is 23.3 Å². The van der Waals surface area contributed by atoms with E-state index in [-0.39, 0.29) is 6.42 Å². The van der Waals surface area contributed by atoms with Crippen molar-refractivity contribution < 1.29 is 24.3 Å². The van der Waals surface area contributed by atoms with Gasteiger partial charge in [-0.15, -0.1) is 0 Å². The first kappa shape index (κ1) is 14.8. The molecule has 20 heavy (non-hydrogen) atoms. The van der Waals surface area contributed by atoms with Crippen LogP contribution in [0.4, 0.5) is 0 Å². The Labute approximate surface area is 117 Å². The van der Waals surface area contributed by atoms with Crippen molar-refractivity contribution in [1.29, 1.82) is 0 Å². The minimum atomic E-state index is -1.11. The Bertz CT molecular complexity index is 508. The summed E-state index contributed by atoms with van der Waals surface area (Å²) < 4.78 is 10.9. The highest BCUT2D eigenvalue weighted by Crippen LogP contribution is 2.31. The molecule has 1 heterocycles. The van der Waals surface area contributed by atoms with Gasteiger partial charge in [0.25, 0.3) is 0 Å². The Hall–Kier alpha value is -1.57. The maximum Gasteiger partial charge on any atom is 0.492 e. The third-order valence-electron chi connectivity index (χ3n) is 3.25. The molecule has 1 unspecified atom stereocenters. The number of hydrogen-bond acceptors (Lipinski definition) is 5. The molecule has 1 aliphatic heterocycles. The van der Waals surface area contributed by atoms with Crippen LogP contribution in [0.25, 0.3) is 0 Å². The van der Waals surface area contributed by atoms with Gasteiger partial charge in [0.15, 0.2) is 0 Å². The summed E-state index contributed by atoms with van der Waals surface area (Å²) in [4.78, 5) is 10.8. The Morgan fingerprint density at radius 1 is 1.55 bits per heavy atom. The van der Waals surface area contributed by atoms with Crippen LogP contribution in [-0.4, -0.2) is 36.4 Å². The number of nitrogens with two attached hydrogens (primary N) is 1. The van der Waals surface area contributed by atoms with Crippen molar-refractivity contribution in [2.24, 2.45) is 5.73 Å². The van der Waals surface area contributed by atoms with Crippen LogP contribution in [0.15, 0.2) is 12.1 Å². The molecule has 0 saturated heterocycles. The molecule has 0 bridgehead atoms. The molecule has 4 N–H and O–H groups in total. The third kappa shape index (κ3) is 3.12. The number of hydrogen-bond donors (Lipinski definition) is 3. The molecule has 0 fully saturated rings. The number of aryl methyl sites for hydroxylation is 1. The number of carboxylic acid groups (broad SMARTS) is 1. The number of carbonyl (C=O) groups is 1. The van der Waals surface area contributed by atoms with Gasteiger partial charge in [-0.1, -0.05) is 0 Å². The molecule has 1 aromatic carbocycles. The molecule has 108 valence electrons. The van der Waals surface area contributed by atoms with E-state index in [4.69, 9.17) is 20.2 Å².